The summed E-state index contributed by atoms with van der Waals surface area (Å²) in [4.78, 5) is 11.9. The second kappa shape index (κ2) is 5.72. The number of benzene rings is 1. The number of nitrogens with one attached hydrogen (secondary N) is 1. The first kappa shape index (κ1) is 13.4. The number of carbonyl (C=O) groups is 1. The summed E-state index contributed by atoms with van der Waals surface area (Å²) in [5, 5.41) is 2.93. The Balaban J connectivity index is 1.96. The molecule has 1 aromatic rings. The number of rotatable bonds is 4. The third-order valence-corrected chi connectivity index (χ3v) is 4.46. The maximum absolute atomic E-state index is 11.9. The average molecular weight is 381 g/mol. The van der Waals surface area contributed by atoms with Gasteiger partial charge in [-0.25, -0.2) is 0 Å². The first-order chi connectivity index (χ1) is 8.08. The summed E-state index contributed by atoms with van der Waals surface area (Å²) in [6.45, 7) is 0.532. The molecule has 1 aliphatic rings. The minimum Gasteiger partial charge on any atom is -0.351 e. The van der Waals surface area contributed by atoms with E-state index in [1.54, 1.807) is 6.07 Å². The number of carbonyl (C=O) groups excluding carboxylic acids is 1. The molecule has 0 radical (unpaired) electrons. The van der Waals surface area contributed by atoms with Crippen LogP contribution < -0.4 is 5.32 Å². The van der Waals surface area contributed by atoms with Crippen molar-refractivity contribution in [2.45, 2.75) is 18.2 Å². The maximum atomic E-state index is 11.9. The Bertz CT molecular complexity index is 435. The van der Waals surface area contributed by atoms with Crippen molar-refractivity contribution < 1.29 is 4.79 Å². The molecule has 5 heteroatoms. The highest BCUT2D eigenvalue weighted by Crippen LogP contribution is 2.35. The molecule has 0 heterocycles. The Kier molecular flexibility index (Phi) is 4.50. The molecule has 1 aliphatic carbocycles. The lowest BCUT2D eigenvalue weighted by Crippen LogP contribution is -2.30. The van der Waals surface area contributed by atoms with E-state index in [4.69, 9.17) is 11.6 Å². The standard InChI is InChI=1S/C12H12Br2ClNO/c13-8-3-4-10(14)9(5-8)12(17)16-6-11(15)7-1-2-7/h3-5,7,11H,1-2,6H2,(H,16,17). The number of hydrogen-bond acceptors (Lipinski definition) is 1. The van der Waals surface area contributed by atoms with Crippen LogP contribution in [0.15, 0.2) is 27.1 Å². The molecular weight excluding hydrogens is 369 g/mol. The van der Waals surface area contributed by atoms with Crippen molar-refractivity contribution in [3.8, 4) is 0 Å². The number of hydrogen-bond donors (Lipinski definition) is 1. The molecule has 1 saturated carbocycles. The van der Waals surface area contributed by atoms with Gasteiger partial charge < -0.3 is 5.32 Å². The summed E-state index contributed by atoms with van der Waals surface area (Å²) < 4.78 is 1.67. The van der Waals surface area contributed by atoms with Gasteiger partial charge in [0.1, 0.15) is 0 Å². The molecule has 1 amide bonds. The minimum absolute atomic E-state index is 0.0601. The Labute approximate surface area is 122 Å². The van der Waals surface area contributed by atoms with Crippen LogP contribution in [0, 0.1) is 5.92 Å². The molecule has 0 spiro atoms. The topological polar surface area (TPSA) is 29.1 Å². The summed E-state index contributed by atoms with van der Waals surface area (Å²) in [6, 6.07) is 5.52. The van der Waals surface area contributed by atoms with E-state index in [-0.39, 0.29) is 11.3 Å². The Morgan fingerprint density at radius 3 is 2.82 bits per heavy atom. The van der Waals surface area contributed by atoms with Gasteiger partial charge in [0.15, 0.2) is 0 Å². The molecule has 1 N–H and O–H groups in total. The SMILES string of the molecule is O=C(NCC(Cl)C1CC1)c1cc(Br)ccc1Br. The predicted molar refractivity (Wildman–Crippen MR) is 76.5 cm³/mol. The van der Waals surface area contributed by atoms with Gasteiger partial charge >= 0.3 is 0 Å². The second-order valence-electron chi connectivity index (χ2n) is 4.19. The van der Waals surface area contributed by atoms with Gasteiger partial charge in [0.25, 0.3) is 5.91 Å². The van der Waals surface area contributed by atoms with E-state index in [0.29, 0.717) is 18.0 Å². The van der Waals surface area contributed by atoms with E-state index in [1.165, 1.54) is 12.8 Å². The van der Waals surface area contributed by atoms with Crippen LogP contribution in [-0.4, -0.2) is 17.8 Å². The number of alkyl halides is 1. The van der Waals surface area contributed by atoms with Crippen molar-refractivity contribution in [2.75, 3.05) is 6.54 Å². The van der Waals surface area contributed by atoms with Gasteiger partial charge in [-0.3, -0.25) is 4.79 Å². The van der Waals surface area contributed by atoms with Gasteiger partial charge in [0.05, 0.1) is 10.9 Å². The van der Waals surface area contributed by atoms with Gasteiger partial charge in [-0.15, -0.1) is 11.6 Å². The molecule has 2 rings (SSSR count). The lowest BCUT2D eigenvalue weighted by molar-refractivity contribution is 0.0952. The third kappa shape index (κ3) is 3.70. The van der Waals surface area contributed by atoms with Gasteiger partial charge in [-0.1, -0.05) is 15.9 Å². The summed E-state index contributed by atoms with van der Waals surface area (Å²) in [5.74, 6) is 0.493. The molecule has 1 atom stereocenters. The molecule has 0 bridgehead atoms. The molecule has 92 valence electrons. The zero-order valence-electron chi connectivity index (χ0n) is 9.05. The predicted octanol–water partition coefficient (Wildman–Crippen LogP) is 3.96. The van der Waals surface area contributed by atoms with Crippen molar-refractivity contribution in [2.24, 2.45) is 5.92 Å². The van der Waals surface area contributed by atoms with Crippen LogP contribution in [0.4, 0.5) is 0 Å². The van der Waals surface area contributed by atoms with Crippen LogP contribution in [0.5, 0.6) is 0 Å². The van der Waals surface area contributed by atoms with Gasteiger partial charge in [0.2, 0.25) is 0 Å². The van der Waals surface area contributed by atoms with E-state index < -0.39 is 0 Å². The largest absolute Gasteiger partial charge is 0.351 e. The fourth-order valence-corrected chi connectivity index (χ4v) is 2.70. The van der Waals surface area contributed by atoms with Gasteiger partial charge in [-0.05, 0) is 52.9 Å². The van der Waals surface area contributed by atoms with Gasteiger partial charge in [-0.2, -0.15) is 0 Å². The monoisotopic (exact) mass is 379 g/mol. The maximum Gasteiger partial charge on any atom is 0.252 e. The molecule has 0 aliphatic heterocycles. The Morgan fingerprint density at radius 2 is 2.18 bits per heavy atom. The summed E-state index contributed by atoms with van der Waals surface area (Å²) in [7, 11) is 0. The lowest BCUT2D eigenvalue weighted by Gasteiger charge is -2.10. The van der Waals surface area contributed by atoms with E-state index >= 15 is 0 Å². The highest BCUT2D eigenvalue weighted by Gasteiger charge is 2.29. The Hall–Kier alpha value is -0.0600. The zero-order valence-corrected chi connectivity index (χ0v) is 13.0. The molecular formula is C12H12Br2ClNO. The highest BCUT2D eigenvalue weighted by atomic mass is 79.9. The fraction of sp³-hybridized carbons (Fsp3) is 0.417. The zero-order chi connectivity index (χ0) is 12.4. The van der Waals surface area contributed by atoms with Crippen LogP contribution in [0.25, 0.3) is 0 Å². The molecule has 17 heavy (non-hydrogen) atoms. The molecule has 1 aromatic carbocycles. The molecule has 1 unspecified atom stereocenters. The fourth-order valence-electron chi connectivity index (χ4n) is 1.58. The Morgan fingerprint density at radius 1 is 1.47 bits per heavy atom. The number of amides is 1. The van der Waals surface area contributed by atoms with Crippen molar-refractivity contribution >= 4 is 49.4 Å². The smallest absolute Gasteiger partial charge is 0.252 e. The van der Waals surface area contributed by atoms with Crippen LogP contribution in [0.1, 0.15) is 23.2 Å². The molecule has 2 nitrogen and oxygen atoms in total. The van der Waals surface area contributed by atoms with Crippen molar-refractivity contribution in [3.63, 3.8) is 0 Å². The lowest BCUT2D eigenvalue weighted by atomic mass is 10.2. The molecule has 0 aromatic heterocycles. The van der Waals surface area contributed by atoms with Crippen LogP contribution in [-0.2, 0) is 0 Å². The second-order valence-corrected chi connectivity index (χ2v) is 6.52. The van der Waals surface area contributed by atoms with Gasteiger partial charge in [0, 0.05) is 15.5 Å². The van der Waals surface area contributed by atoms with E-state index in [0.717, 1.165) is 8.95 Å². The van der Waals surface area contributed by atoms with Crippen LogP contribution >= 0.6 is 43.5 Å². The quantitative estimate of drug-likeness (QED) is 0.786. The third-order valence-electron chi connectivity index (χ3n) is 2.76. The summed E-state index contributed by atoms with van der Waals surface area (Å²) in [6.07, 6.45) is 2.37. The van der Waals surface area contributed by atoms with E-state index in [9.17, 15) is 4.79 Å². The minimum atomic E-state index is -0.0931. The molecule has 1 fully saturated rings. The highest BCUT2D eigenvalue weighted by molar-refractivity contribution is 9.11. The van der Waals surface area contributed by atoms with Crippen molar-refractivity contribution in [3.05, 3.63) is 32.7 Å². The van der Waals surface area contributed by atoms with E-state index in [2.05, 4.69) is 37.2 Å². The van der Waals surface area contributed by atoms with Crippen molar-refractivity contribution in [1.29, 1.82) is 0 Å². The summed E-state index contributed by atoms with van der Waals surface area (Å²) in [5.41, 5.74) is 0.624. The van der Waals surface area contributed by atoms with E-state index in [1.807, 2.05) is 12.1 Å². The normalized spacial score (nSPS) is 16.6. The first-order valence-electron chi connectivity index (χ1n) is 5.45. The number of halogens is 3. The summed E-state index contributed by atoms with van der Waals surface area (Å²) >= 11 is 12.9. The van der Waals surface area contributed by atoms with Crippen molar-refractivity contribution in [1.82, 2.24) is 5.32 Å². The van der Waals surface area contributed by atoms with Crippen LogP contribution in [0.3, 0.4) is 0 Å². The molecule has 0 saturated heterocycles. The average Bonchev–Trinajstić information content (AvgIpc) is 3.12. The van der Waals surface area contributed by atoms with Crippen LogP contribution in [0.2, 0.25) is 0 Å². The first-order valence-corrected chi connectivity index (χ1v) is 7.47.